The number of carbonyl (C=O) groups is 1. The Morgan fingerprint density at radius 2 is 1.92 bits per heavy atom. The summed E-state index contributed by atoms with van der Waals surface area (Å²) in [6.45, 7) is 7.54. The zero-order chi connectivity index (χ0) is 25.3. The predicted molar refractivity (Wildman–Crippen MR) is 138 cm³/mol. The summed E-state index contributed by atoms with van der Waals surface area (Å²) in [5, 5.41) is 0. The lowest BCUT2D eigenvalue weighted by atomic mass is 9.96. The summed E-state index contributed by atoms with van der Waals surface area (Å²) < 4.78 is 23.3. The summed E-state index contributed by atoms with van der Waals surface area (Å²) in [5.41, 5.74) is 5.72. The Morgan fingerprint density at radius 3 is 2.72 bits per heavy atom. The van der Waals surface area contributed by atoms with Crippen LogP contribution >= 0.6 is 0 Å². The normalized spacial score (nSPS) is 18.2. The van der Waals surface area contributed by atoms with E-state index in [-0.39, 0.29) is 23.4 Å². The number of aromatic nitrogens is 1. The van der Waals surface area contributed by atoms with Crippen LogP contribution in [0.3, 0.4) is 0 Å². The van der Waals surface area contributed by atoms with Gasteiger partial charge in [0.15, 0.2) is 0 Å². The first-order valence-corrected chi connectivity index (χ1v) is 12.5. The summed E-state index contributed by atoms with van der Waals surface area (Å²) in [4.78, 5) is 16.2. The highest BCUT2D eigenvalue weighted by Crippen LogP contribution is 2.44. The highest BCUT2D eigenvalue weighted by atomic mass is 16.5. The van der Waals surface area contributed by atoms with E-state index >= 15 is 0 Å². The maximum Gasteiger partial charge on any atom is 0.306 e. The van der Waals surface area contributed by atoms with Gasteiger partial charge in [0.2, 0.25) is 5.88 Å². The molecule has 0 bridgehead atoms. The van der Waals surface area contributed by atoms with Gasteiger partial charge < -0.3 is 18.9 Å². The van der Waals surface area contributed by atoms with Gasteiger partial charge in [-0.3, -0.25) is 4.79 Å². The van der Waals surface area contributed by atoms with E-state index in [1.807, 2.05) is 24.3 Å². The van der Waals surface area contributed by atoms with Crippen molar-refractivity contribution < 1.29 is 23.7 Å². The molecule has 0 unspecified atom stereocenters. The van der Waals surface area contributed by atoms with E-state index in [4.69, 9.17) is 18.9 Å². The Hall–Kier alpha value is -3.54. The molecule has 0 N–H and O–H groups in total. The molecule has 0 saturated heterocycles. The van der Waals surface area contributed by atoms with Crippen LogP contribution < -0.4 is 14.2 Å². The minimum Gasteiger partial charge on any atom is -0.492 e. The molecule has 5 rings (SSSR count). The molecule has 0 fully saturated rings. The minimum atomic E-state index is -0.226. The molecule has 2 aliphatic rings. The Labute approximate surface area is 212 Å². The van der Waals surface area contributed by atoms with Gasteiger partial charge >= 0.3 is 5.97 Å². The Morgan fingerprint density at radius 1 is 1.08 bits per heavy atom. The molecule has 0 saturated carbocycles. The number of carbonyl (C=O) groups excluding carboxylic acids is 1. The van der Waals surface area contributed by atoms with Crippen molar-refractivity contribution in [1.82, 2.24) is 4.98 Å². The molecule has 6 heteroatoms. The van der Waals surface area contributed by atoms with E-state index in [1.54, 1.807) is 6.20 Å². The van der Waals surface area contributed by atoms with E-state index in [2.05, 4.69) is 50.0 Å². The van der Waals surface area contributed by atoms with Crippen LogP contribution in [-0.2, 0) is 16.0 Å². The largest absolute Gasteiger partial charge is 0.492 e. The van der Waals surface area contributed by atoms with Gasteiger partial charge in [0.25, 0.3) is 0 Å². The molecule has 0 amide bonds. The first-order valence-electron chi connectivity index (χ1n) is 12.5. The number of rotatable bonds is 7. The molecular weight excluding hydrogens is 454 g/mol. The zero-order valence-electron chi connectivity index (χ0n) is 21.4. The predicted octanol–water partition coefficient (Wildman–Crippen LogP) is 6.28. The molecule has 1 aromatic heterocycles. The van der Waals surface area contributed by atoms with Gasteiger partial charge in [-0.2, -0.15) is 0 Å². The quantitative estimate of drug-likeness (QED) is 0.366. The number of pyridine rings is 1. The van der Waals surface area contributed by atoms with Crippen LogP contribution in [0.4, 0.5) is 0 Å². The number of benzene rings is 2. The molecule has 0 radical (unpaired) electrons. The second-order valence-electron chi connectivity index (χ2n) is 10.7. The maximum absolute atomic E-state index is 11.7. The summed E-state index contributed by atoms with van der Waals surface area (Å²) in [7, 11) is 1.41. The second-order valence-corrected chi connectivity index (χ2v) is 10.7. The van der Waals surface area contributed by atoms with Crippen LogP contribution in [0.2, 0.25) is 0 Å². The van der Waals surface area contributed by atoms with Gasteiger partial charge in [0.1, 0.15) is 17.6 Å². The van der Waals surface area contributed by atoms with Crippen molar-refractivity contribution in [2.75, 3.05) is 20.3 Å². The van der Waals surface area contributed by atoms with Crippen LogP contribution in [-0.4, -0.2) is 31.3 Å². The van der Waals surface area contributed by atoms with E-state index in [1.165, 1.54) is 18.2 Å². The van der Waals surface area contributed by atoms with E-state index in [0.29, 0.717) is 25.5 Å². The van der Waals surface area contributed by atoms with Gasteiger partial charge in [0, 0.05) is 29.3 Å². The number of nitrogens with zero attached hydrogens (tertiary/aromatic N) is 1. The summed E-state index contributed by atoms with van der Waals surface area (Å²) in [6, 6.07) is 16.3. The maximum atomic E-state index is 11.7. The Balaban J connectivity index is 1.36. The molecule has 2 heterocycles. The molecule has 36 heavy (non-hydrogen) atoms. The number of ether oxygens (including phenoxy) is 4. The molecule has 2 atom stereocenters. The van der Waals surface area contributed by atoms with Crippen molar-refractivity contribution in [3.05, 3.63) is 71.4 Å². The number of methoxy groups -OCH3 is 1. The van der Waals surface area contributed by atoms with Crippen LogP contribution in [0.1, 0.15) is 62.3 Å². The fourth-order valence-corrected chi connectivity index (χ4v) is 4.93. The second kappa shape index (κ2) is 9.84. The summed E-state index contributed by atoms with van der Waals surface area (Å²) >= 11 is 0. The number of hydrogen-bond acceptors (Lipinski definition) is 6. The smallest absolute Gasteiger partial charge is 0.306 e. The van der Waals surface area contributed by atoms with Gasteiger partial charge in [0.05, 0.1) is 26.7 Å². The summed E-state index contributed by atoms with van der Waals surface area (Å²) in [6.07, 6.45) is 3.88. The highest BCUT2D eigenvalue weighted by Gasteiger charge is 2.30. The molecule has 6 nitrogen and oxygen atoms in total. The fraction of sp³-hybridized carbons (Fsp3) is 0.400. The molecular formula is C30H33NO5. The molecule has 1 aliphatic carbocycles. The van der Waals surface area contributed by atoms with Crippen molar-refractivity contribution in [2.45, 2.75) is 52.1 Å². The first-order chi connectivity index (χ1) is 17.3. The third-order valence-corrected chi connectivity index (χ3v) is 6.70. The van der Waals surface area contributed by atoms with Gasteiger partial charge in [-0.25, -0.2) is 4.98 Å². The van der Waals surface area contributed by atoms with Gasteiger partial charge in [-0.05, 0) is 53.1 Å². The van der Waals surface area contributed by atoms with Crippen LogP contribution in [0.25, 0.3) is 11.1 Å². The third-order valence-electron chi connectivity index (χ3n) is 6.70. The van der Waals surface area contributed by atoms with Crippen molar-refractivity contribution in [3.8, 4) is 28.5 Å². The summed E-state index contributed by atoms with van der Waals surface area (Å²) in [5.74, 6) is 2.01. The lowest BCUT2D eigenvalue weighted by Crippen LogP contribution is -2.17. The van der Waals surface area contributed by atoms with Crippen molar-refractivity contribution >= 4 is 5.97 Å². The monoisotopic (exact) mass is 487 g/mol. The van der Waals surface area contributed by atoms with E-state index < -0.39 is 0 Å². The molecule has 2 aromatic carbocycles. The first kappa shape index (κ1) is 24.2. The van der Waals surface area contributed by atoms with Crippen molar-refractivity contribution in [3.63, 3.8) is 0 Å². The molecule has 1 aliphatic heterocycles. The van der Waals surface area contributed by atoms with E-state index in [0.717, 1.165) is 41.0 Å². The number of hydrogen-bond donors (Lipinski definition) is 0. The fourth-order valence-electron chi connectivity index (χ4n) is 4.93. The highest BCUT2D eigenvalue weighted by molar-refractivity contribution is 5.74. The SMILES string of the molecule is COC(=O)C[C@@H]1COc2cc(O[C@@H]3CCc4c(-c5cccnc5OCC(C)(C)C)cccc43)ccc21. The number of fused-ring (bicyclic) bond motifs is 2. The Kier molecular flexibility index (Phi) is 6.61. The van der Waals surface area contributed by atoms with Crippen molar-refractivity contribution in [2.24, 2.45) is 5.41 Å². The number of esters is 1. The zero-order valence-corrected chi connectivity index (χ0v) is 21.4. The topological polar surface area (TPSA) is 66.9 Å². The van der Waals surface area contributed by atoms with Crippen LogP contribution in [0.5, 0.6) is 17.4 Å². The Bertz CT molecular complexity index is 1260. The molecule has 0 spiro atoms. The molecule has 188 valence electrons. The standard InChI is InChI=1S/C30H33NO5/c1-30(2,3)18-35-29-25(9-6-14-31-29)22-7-5-8-24-23(22)12-13-26(24)36-20-10-11-21-19(15-28(32)33-4)17-34-27(21)16-20/h5-11,14,16,19,26H,12-13,15,17-18H2,1-4H3/t19-,26-/m1/s1. The van der Waals surface area contributed by atoms with Crippen LogP contribution in [0, 0.1) is 5.41 Å². The van der Waals surface area contributed by atoms with E-state index in [9.17, 15) is 4.79 Å². The van der Waals surface area contributed by atoms with Crippen molar-refractivity contribution in [1.29, 1.82) is 0 Å². The lowest BCUT2D eigenvalue weighted by Gasteiger charge is -2.20. The average molecular weight is 488 g/mol. The minimum absolute atomic E-state index is 0.0189. The third kappa shape index (κ3) is 5.03. The lowest BCUT2D eigenvalue weighted by molar-refractivity contribution is -0.141. The molecule has 3 aromatic rings. The van der Waals surface area contributed by atoms with Crippen LogP contribution in [0.15, 0.2) is 54.7 Å². The van der Waals surface area contributed by atoms with Gasteiger partial charge in [-0.15, -0.1) is 0 Å². The average Bonchev–Trinajstić information content (AvgIpc) is 3.46. The van der Waals surface area contributed by atoms with Gasteiger partial charge in [-0.1, -0.05) is 45.0 Å².